The number of alkyl halides is 3. The third-order valence-corrected chi connectivity index (χ3v) is 5.53. The molecule has 0 N–H and O–H groups in total. The maximum atomic E-state index is 13.6. The summed E-state index contributed by atoms with van der Waals surface area (Å²) in [6.45, 7) is 0. The first-order chi connectivity index (χ1) is 15.3. The molecule has 0 atom stereocenters. The van der Waals surface area contributed by atoms with E-state index in [1.54, 1.807) is 49.5 Å². The van der Waals surface area contributed by atoms with E-state index in [9.17, 15) is 18.0 Å². The molecular formula is C25H18ClF3N2O. The van der Waals surface area contributed by atoms with E-state index in [0.29, 0.717) is 27.2 Å². The van der Waals surface area contributed by atoms with E-state index < -0.39 is 11.7 Å². The first-order valence-corrected chi connectivity index (χ1v) is 10.2. The molecule has 1 aromatic heterocycles. The topological polar surface area (TPSA) is 33.2 Å². The van der Waals surface area contributed by atoms with Gasteiger partial charge in [0.15, 0.2) is 0 Å². The number of hydrogen-bond acceptors (Lipinski definition) is 2. The number of pyridine rings is 1. The van der Waals surface area contributed by atoms with Crippen molar-refractivity contribution in [2.24, 2.45) is 0 Å². The molecule has 1 heterocycles. The van der Waals surface area contributed by atoms with Crippen molar-refractivity contribution >= 4 is 34.1 Å². The number of rotatable bonds is 4. The highest BCUT2D eigenvalue weighted by Gasteiger charge is 2.33. The van der Waals surface area contributed by atoms with Gasteiger partial charge in [-0.3, -0.25) is 9.78 Å². The van der Waals surface area contributed by atoms with Crippen LogP contribution in [-0.4, -0.2) is 17.9 Å². The predicted octanol–water partition coefficient (Wildman–Crippen LogP) is 6.78. The SMILES string of the molecule is CN(C(=O)Cc1cnc2c(C(F)(F)F)cccc2c1-c1ccccc1)c1ccc(Cl)cc1. The summed E-state index contributed by atoms with van der Waals surface area (Å²) >= 11 is 5.92. The summed E-state index contributed by atoms with van der Waals surface area (Å²) in [5.41, 5.74) is 1.56. The van der Waals surface area contributed by atoms with Crippen molar-refractivity contribution in [3.63, 3.8) is 0 Å². The number of nitrogens with zero attached hydrogens (tertiary/aromatic N) is 2. The van der Waals surface area contributed by atoms with E-state index in [4.69, 9.17) is 11.6 Å². The van der Waals surface area contributed by atoms with Gasteiger partial charge in [0.2, 0.25) is 5.91 Å². The van der Waals surface area contributed by atoms with Gasteiger partial charge in [0.05, 0.1) is 17.5 Å². The fourth-order valence-electron chi connectivity index (χ4n) is 3.66. The van der Waals surface area contributed by atoms with Crippen LogP contribution in [0.4, 0.5) is 18.9 Å². The number of carbonyl (C=O) groups excluding carboxylic acids is 1. The number of amides is 1. The molecule has 0 aliphatic carbocycles. The highest BCUT2D eigenvalue weighted by molar-refractivity contribution is 6.30. The Labute approximate surface area is 188 Å². The number of carbonyl (C=O) groups is 1. The minimum absolute atomic E-state index is 0.0253. The largest absolute Gasteiger partial charge is 0.418 e. The van der Waals surface area contributed by atoms with Gasteiger partial charge in [0.1, 0.15) is 0 Å². The van der Waals surface area contributed by atoms with Crippen molar-refractivity contribution in [3.8, 4) is 11.1 Å². The second-order valence-electron chi connectivity index (χ2n) is 7.33. The zero-order chi connectivity index (χ0) is 22.9. The van der Waals surface area contributed by atoms with Crippen LogP contribution in [0.5, 0.6) is 0 Å². The van der Waals surface area contributed by atoms with Crippen molar-refractivity contribution < 1.29 is 18.0 Å². The Morgan fingerprint density at radius 1 is 0.969 bits per heavy atom. The Balaban J connectivity index is 1.82. The van der Waals surface area contributed by atoms with Gasteiger partial charge in [-0.25, -0.2) is 0 Å². The molecule has 4 rings (SSSR count). The molecular weight excluding hydrogens is 437 g/mol. The lowest BCUT2D eigenvalue weighted by atomic mass is 9.93. The lowest BCUT2D eigenvalue weighted by molar-refractivity contribution is -0.136. The molecule has 4 aromatic rings. The van der Waals surface area contributed by atoms with Gasteiger partial charge in [-0.2, -0.15) is 13.2 Å². The fraction of sp³-hybridized carbons (Fsp3) is 0.120. The summed E-state index contributed by atoms with van der Waals surface area (Å²) in [7, 11) is 1.64. The van der Waals surface area contributed by atoms with Gasteiger partial charge in [0, 0.05) is 29.3 Å². The third kappa shape index (κ3) is 4.32. The van der Waals surface area contributed by atoms with Gasteiger partial charge in [-0.05, 0) is 47.0 Å². The van der Waals surface area contributed by atoms with Crippen LogP contribution < -0.4 is 4.90 Å². The molecule has 1 amide bonds. The number of halogens is 4. The first-order valence-electron chi connectivity index (χ1n) is 9.81. The average Bonchev–Trinajstić information content (AvgIpc) is 2.78. The molecule has 0 fully saturated rings. The molecule has 0 aliphatic heterocycles. The lowest BCUT2D eigenvalue weighted by Gasteiger charge is -2.20. The van der Waals surface area contributed by atoms with E-state index >= 15 is 0 Å². The van der Waals surface area contributed by atoms with Gasteiger partial charge in [-0.1, -0.05) is 54.1 Å². The van der Waals surface area contributed by atoms with Gasteiger partial charge >= 0.3 is 6.18 Å². The number of aromatic nitrogens is 1. The number of hydrogen-bond donors (Lipinski definition) is 0. The molecule has 0 spiro atoms. The number of anilines is 1. The zero-order valence-corrected chi connectivity index (χ0v) is 17.8. The number of para-hydroxylation sites is 1. The fourth-order valence-corrected chi connectivity index (χ4v) is 3.79. The van der Waals surface area contributed by atoms with E-state index in [1.807, 2.05) is 18.2 Å². The smallest absolute Gasteiger partial charge is 0.315 e. The quantitative estimate of drug-likeness (QED) is 0.340. The highest BCUT2D eigenvalue weighted by atomic mass is 35.5. The molecule has 0 aliphatic rings. The monoisotopic (exact) mass is 454 g/mol. The van der Waals surface area contributed by atoms with Crippen LogP contribution in [0, 0.1) is 0 Å². The van der Waals surface area contributed by atoms with Crippen LogP contribution >= 0.6 is 11.6 Å². The molecule has 7 heteroatoms. The Morgan fingerprint density at radius 3 is 2.31 bits per heavy atom. The second-order valence-corrected chi connectivity index (χ2v) is 7.77. The lowest BCUT2D eigenvalue weighted by Crippen LogP contribution is -2.28. The van der Waals surface area contributed by atoms with Crippen LogP contribution in [0.1, 0.15) is 11.1 Å². The van der Waals surface area contributed by atoms with Crippen molar-refractivity contribution in [2.45, 2.75) is 12.6 Å². The van der Waals surface area contributed by atoms with Crippen LogP contribution in [0.15, 0.2) is 79.0 Å². The van der Waals surface area contributed by atoms with Crippen LogP contribution in [0.2, 0.25) is 5.02 Å². The van der Waals surface area contributed by atoms with Crippen molar-refractivity contribution in [2.75, 3.05) is 11.9 Å². The Morgan fingerprint density at radius 2 is 1.66 bits per heavy atom. The maximum Gasteiger partial charge on any atom is 0.418 e. The summed E-state index contributed by atoms with van der Waals surface area (Å²) in [6, 6.07) is 19.9. The number of fused-ring (bicyclic) bond motifs is 1. The highest BCUT2D eigenvalue weighted by Crippen LogP contribution is 2.38. The van der Waals surface area contributed by atoms with Gasteiger partial charge < -0.3 is 4.90 Å². The summed E-state index contributed by atoms with van der Waals surface area (Å²) in [5.74, 6) is -0.224. The summed E-state index contributed by atoms with van der Waals surface area (Å²) in [4.78, 5) is 18.6. The molecule has 32 heavy (non-hydrogen) atoms. The van der Waals surface area contributed by atoms with Crippen molar-refractivity contribution in [1.82, 2.24) is 4.98 Å². The van der Waals surface area contributed by atoms with E-state index in [1.165, 1.54) is 17.2 Å². The zero-order valence-electron chi connectivity index (χ0n) is 17.0. The van der Waals surface area contributed by atoms with Crippen molar-refractivity contribution in [3.05, 3.63) is 95.1 Å². The second kappa shape index (κ2) is 8.63. The van der Waals surface area contributed by atoms with E-state index in [-0.39, 0.29) is 17.8 Å². The Bertz CT molecular complexity index is 1270. The summed E-state index contributed by atoms with van der Waals surface area (Å²) in [6.07, 6.45) is -3.19. The van der Waals surface area contributed by atoms with Crippen LogP contribution in [0.25, 0.3) is 22.0 Å². The number of benzene rings is 3. The molecule has 0 saturated carbocycles. The molecule has 0 unspecified atom stereocenters. The predicted molar refractivity (Wildman–Crippen MR) is 121 cm³/mol. The molecule has 0 bridgehead atoms. The summed E-state index contributed by atoms with van der Waals surface area (Å²) < 4.78 is 40.7. The van der Waals surface area contributed by atoms with Gasteiger partial charge in [0.25, 0.3) is 0 Å². The Kier molecular flexibility index (Phi) is 5.89. The van der Waals surface area contributed by atoms with E-state index in [0.717, 1.165) is 11.6 Å². The average molecular weight is 455 g/mol. The standard InChI is InChI=1S/C25H18ClF3N2O/c1-31(19-12-10-18(26)11-13-19)22(32)14-17-15-30-24-20(8-5-9-21(24)25(27,28)29)23(17)16-6-3-2-4-7-16/h2-13,15H,14H2,1H3. The minimum atomic E-state index is -4.54. The van der Waals surface area contributed by atoms with Crippen LogP contribution in [-0.2, 0) is 17.4 Å². The number of likely N-dealkylation sites (N-methyl/N-ethyl adjacent to an activating group) is 1. The molecule has 3 aromatic carbocycles. The molecule has 162 valence electrons. The first kappa shape index (κ1) is 21.8. The summed E-state index contributed by atoms with van der Waals surface area (Å²) in [5, 5.41) is 0.908. The van der Waals surface area contributed by atoms with Crippen molar-refractivity contribution in [1.29, 1.82) is 0 Å². The van der Waals surface area contributed by atoms with Crippen LogP contribution in [0.3, 0.4) is 0 Å². The molecule has 0 radical (unpaired) electrons. The Hall–Kier alpha value is -3.38. The third-order valence-electron chi connectivity index (χ3n) is 5.27. The minimum Gasteiger partial charge on any atom is -0.315 e. The van der Waals surface area contributed by atoms with E-state index in [2.05, 4.69) is 4.98 Å². The normalized spacial score (nSPS) is 11.5. The molecule has 3 nitrogen and oxygen atoms in total. The van der Waals surface area contributed by atoms with Gasteiger partial charge in [-0.15, -0.1) is 0 Å². The maximum absolute atomic E-state index is 13.6. The molecule has 0 saturated heterocycles.